The Bertz CT molecular complexity index is 1210. The van der Waals surface area contributed by atoms with Crippen molar-refractivity contribution in [2.45, 2.75) is 18.2 Å². The number of nitrogens with one attached hydrogen (secondary N) is 1. The van der Waals surface area contributed by atoms with Crippen LogP contribution < -0.4 is 5.32 Å². The van der Waals surface area contributed by atoms with E-state index in [1.54, 1.807) is 6.07 Å². The van der Waals surface area contributed by atoms with Crippen LogP contribution in [0.25, 0.3) is 11.4 Å². The quantitative estimate of drug-likeness (QED) is 0.326. The summed E-state index contributed by atoms with van der Waals surface area (Å²) in [6.07, 6.45) is 0. The molecule has 0 bridgehead atoms. The number of nitrogens with zero attached hydrogens (tertiary/aromatic N) is 3. The van der Waals surface area contributed by atoms with Crippen LogP contribution in [0.4, 0.5) is 0 Å². The molecule has 0 saturated carbocycles. The number of aromatic nitrogens is 3. The Hall–Kier alpha value is -2.80. The summed E-state index contributed by atoms with van der Waals surface area (Å²) < 4.78 is 1.99. The molecule has 0 fully saturated rings. The maximum absolute atomic E-state index is 12.4. The van der Waals surface area contributed by atoms with Crippen molar-refractivity contribution in [2.24, 2.45) is 0 Å². The third-order valence-electron chi connectivity index (χ3n) is 4.78. The Kier molecular flexibility index (Phi) is 7.47. The summed E-state index contributed by atoms with van der Waals surface area (Å²) in [5.41, 5.74) is 2.78. The Morgan fingerprint density at radius 1 is 0.875 bits per heavy atom. The third-order valence-corrected chi connectivity index (χ3v) is 6.45. The van der Waals surface area contributed by atoms with Gasteiger partial charge < -0.3 is 5.32 Å². The maximum atomic E-state index is 12.4. The predicted molar refractivity (Wildman–Crippen MR) is 130 cm³/mol. The first-order valence-corrected chi connectivity index (χ1v) is 11.7. The molecule has 4 rings (SSSR count). The van der Waals surface area contributed by atoms with Gasteiger partial charge in [-0.05, 0) is 29.3 Å². The second-order valence-corrected chi connectivity index (χ2v) is 8.77. The summed E-state index contributed by atoms with van der Waals surface area (Å²) in [5, 5.41) is 13.5. The first kappa shape index (κ1) is 22.4. The van der Waals surface area contributed by atoms with E-state index in [1.807, 2.05) is 77.4 Å². The van der Waals surface area contributed by atoms with Crippen molar-refractivity contribution in [1.29, 1.82) is 0 Å². The van der Waals surface area contributed by atoms with Crippen molar-refractivity contribution < 1.29 is 4.79 Å². The van der Waals surface area contributed by atoms with Gasteiger partial charge in [0.25, 0.3) is 0 Å². The van der Waals surface area contributed by atoms with Crippen LogP contribution in [0.3, 0.4) is 0 Å². The van der Waals surface area contributed by atoms with Crippen LogP contribution >= 0.6 is 35.0 Å². The van der Waals surface area contributed by atoms with E-state index in [0.29, 0.717) is 34.1 Å². The number of amides is 1. The predicted octanol–water partition coefficient (Wildman–Crippen LogP) is 5.71. The Labute approximate surface area is 200 Å². The number of hydrogen-bond acceptors (Lipinski definition) is 4. The lowest BCUT2D eigenvalue weighted by Crippen LogP contribution is -2.24. The van der Waals surface area contributed by atoms with Gasteiger partial charge >= 0.3 is 0 Å². The monoisotopic (exact) mass is 482 g/mol. The zero-order valence-corrected chi connectivity index (χ0v) is 19.4. The van der Waals surface area contributed by atoms with Crippen LogP contribution in [0.15, 0.2) is 84.0 Å². The van der Waals surface area contributed by atoms with Crippen LogP contribution in [0.2, 0.25) is 10.0 Å². The molecule has 1 heterocycles. The third kappa shape index (κ3) is 5.51. The summed E-state index contributed by atoms with van der Waals surface area (Å²) in [6.45, 7) is 0.943. The Morgan fingerprint density at radius 3 is 2.31 bits per heavy atom. The van der Waals surface area contributed by atoms with Gasteiger partial charge in [-0.25, -0.2) is 0 Å². The zero-order valence-electron chi connectivity index (χ0n) is 17.0. The topological polar surface area (TPSA) is 59.8 Å². The van der Waals surface area contributed by atoms with Crippen LogP contribution in [0, 0.1) is 0 Å². The molecule has 3 aromatic carbocycles. The lowest BCUT2D eigenvalue weighted by atomic mass is 10.2. The van der Waals surface area contributed by atoms with E-state index >= 15 is 0 Å². The molecule has 5 nitrogen and oxygen atoms in total. The number of carbonyl (C=O) groups is 1. The van der Waals surface area contributed by atoms with Gasteiger partial charge in [0.2, 0.25) is 5.91 Å². The molecule has 0 aliphatic rings. The van der Waals surface area contributed by atoms with Crippen molar-refractivity contribution in [3.8, 4) is 11.4 Å². The molecule has 0 spiro atoms. The van der Waals surface area contributed by atoms with E-state index in [4.69, 9.17) is 23.2 Å². The summed E-state index contributed by atoms with van der Waals surface area (Å²) in [5.74, 6) is 0.766. The number of benzene rings is 3. The van der Waals surface area contributed by atoms with Crippen LogP contribution in [-0.4, -0.2) is 26.4 Å². The number of halogens is 2. The maximum Gasteiger partial charge on any atom is 0.230 e. The van der Waals surface area contributed by atoms with Crippen molar-refractivity contribution in [3.63, 3.8) is 0 Å². The molecule has 1 amide bonds. The highest BCUT2D eigenvalue weighted by molar-refractivity contribution is 7.99. The van der Waals surface area contributed by atoms with Gasteiger partial charge in [-0.1, -0.05) is 95.6 Å². The first-order valence-electron chi connectivity index (χ1n) is 9.97. The van der Waals surface area contributed by atoms with E-state index in [9.17, 15) is 4.79 Å². The van der Waals surface area contributed by atoms with Crippen molar-refractivity contribution in [3.05, 3.63) is 100 Å². The minimum Gasteiger partial charge on any atom is -0.351 e. The second-order valence-electron chi connectivity index (χ2n) is 7.01. The molecule has 0 aliphatic carbocycles. The standard InChI is InChI=1S/C24H20Cl2N4OS/c25-20-12-6-4-10-18(20)14-27-22(31)16-32-24-29-28-23(19-11-5-7-13-21(19)26)30(24)15-17-8-2-1-3-9-17/h1-13H,14-16H2,(H,27,31). The lowest BCUT2D eigenvalue weighted by molar-refractivity contribution is -0.118. The van der Waals surface area contributed by atoms with E-state index in [1.165, 1.54) is 11.8 Å². The zero-order chi connectivity index (χ0) is 22.3. The molecule has 162 valence electrons. The average Bonchev–Trinajstić information content (AvgIpc) is 3.20. The van der Waals surface area contributed by atoms with Crippen LogP contribution in [-0.2, 0) is 17.9 Å². The van der Waals surface area contributed by atoms with Crippen molar-refractivity contribution >= 4 is 40.9 Å². The molecule has 0 saturated heterocycles. The molecule has 0 unspecified atom stereocenters. The fourth-order valence-electron chi connectivity index (χ4n) is 3.16. The molecule has 0 aliphatic heterocycles. The molecular formula is C24H20Cl2N4OS. The fourth-order valence-corrected chi connectivity index (χ4v) is 4.35. The fraction of sp³-hybridized carbons (Fsp3) is 0.125. The van der Waals surface area contributed by atoms with Crippen molar-refractivity contribution in [1.82, 2.24) is 20.1 Å². The number of thioether (sulfide) groups is 1. The van der Waals surface area contributed by atoms with E-state index in [0.717, 1.165) is 16.7 Å². The molecule has 8 heteroatoms. The highest BCUT2D eigenvalue weighted by Crippen LogP contribution is 2.30. The molecule has 32 heavy (non-hydrogen) atoms. The Morgan fingerprint density at radius 2 is 1.56 bits per heavy atom. The first-order chi connectivity index (χ1) is 15.6. The van der Waals surface area contributed by atoms with E-state index in [-0.39, 0.29) is 11.7 Å². The SMILES string of the molecule is O=C(CSc1nnc(-c2ccccc2Cl)n1Cc1ccccc1)NCc1ccccc1Cl. The highest BCUT2D eigenvalue weighted by Gasteiger charge is 2.18. The molecule has 4 aromatic rings. The van der Waals surface area contributed by atoms with Gasteiger partial charge in [0, 0.05) is 17.1 Å². The van der Waals surface area contributed by atoms with Gasteiger partial charge in [0.15, 0.2) is 11.0 Å². The van der Waals surface area contributed by atoms with Gasteiger partial charge in [0.05, 0.1) is 17.3 Å². The lowest BCUT2D eigenvalue weighted by Gasteiger charge is -2.11. The summed E-state index contributed by atoms with van der Waals surface area (Å²) in [6, 6.07) is 25.0. The highest BCUT2D eigenvalue weighted by atomic mass is 35.5. The van der Waals surface area contributed by atoms with Gasteiger partial charge in [0.1, 0.15) is 0 Å². The largest absolute Gasteiger partial charge is 0.351 e. The smallest absolute Gasteiger partial charge is 0.230 e. The Balaban J connectivity index is 1.51. The van der Waals surface area contributed by atoms with E-state index in [2.05, 4.69) is 15.5 Å². The average molecular weight is 483 g/mol. The van der Waals surface area contributed by atoms with E-state index < -0.39 is 0 Å². The minimum absolute atomic E-state index is 0.108. The summed E-state index contributed by atoms with van der Waals surface area (Å²) in [7, 11) is 0. The molecule has 1 aromatic heterocycles. The van der Waals surface area contributed by atoms with Gasteiger partial charge in [-0.3, -0.25) is 9.36 Å². The molecular weight excluding hydrogens is 463 g/mol. The number of carbonyl (C=O) groups excluding carboxylic acids is 1. The molecule has 0 radical (unpaired) electrons. The second kappa shape index (κ2) is 10.7. The van der Waals surface area contributed by atoms with Gasteiger partial charge in [-0.15, -0.1) is 10.2 Å². The molecule has 1 N–H and O–H groups in total. The summed E-state index contributed by atoms with van der Waals surface area (Å²) in [4.78, 5) is 12.4. The molecule has 0 atom stereocenters. The van der Waals surface area contributed by atoms with Gasteiger partial charge in [-0.2, -0.15) is 0 Å². The normalized spacial score (nSPS) is 10.8. The van der Waals surface area contributed by atoms with Crippen LogP contribution in [0.5, 0.6) is 0 Å². The minimum atomic E-state index is -0.108. The van der Waals surface area contributed by atoms with Crippen LogP contribution in [0.1, 0.15) is 11.1 Å². The summed E-state index contributed by atoms with van der Waals surface area (Å²) >= 11 is 13.9. The van der Waals surface area contributed by atoms with Crippen molar-refractivity contribution in [2.75, 3.05) is 5.75 Å². The number of rotatable bonds is 8. The number of hydrogen-bond donors (Lipinski definition) is 1.